The molecule has 1 fully saturated rings. The number of nitrogens with one attached hydrogen (secondary N) is 1. The summed E-state index contributed by atoms with van der Waals surface area (Å²) >= 11 is 6.37. The van der Waals surface area contributed by atoms with E-state index in [2.05, 4.69) is 17.4 Å². The number of benzene rings is 1. The first kappa shape index (κ1) is 13.4. The molecule has 1 N–H and O–H groups in total. The van der Waals surface area contributed by atoms with Crippen LogP contribution in [-0.2, 0) is 14.9 Å². The number of amides is 1. The number of aryl methyl sites for hydroxylation is 1. The molecule has 0 aromatic heterocycles. The number of carbonyl (C=O) groups is 1. The first-order valence-electron chi connectivity index (χ1n) is 6.19. The van der Waals surface area contributed by atoms with E-state index in [1.165, 1.54) is 0 Å². The SMILES string of the molecule is Cc1ccc(C2(CNC=O)CCOCC2)c(Cl)c1. The lowest BCUT2D eigenvalue weighted by Gasteiger charge is -2.38. The fraction of sp³-hybridized carbons (Fsp3) is 0.500. The molecule has 0 aliphatic carbocycles. The van der Waals surface area contributed by atoms with E-state index in [-0.39, 0.29) is 5.41 Å². The van der Waals surface area contributed by atoms with Crippen molar-refractivity contribution in [2.24, 2.45) is 0 Å². The summed E-state index contributed by atoms with van der Waals surface area (Å²) in [6.45, 7) is 4.06. The summed E-state index contributed by atoms with van der Waals surface area (Å²) < 4.78 is 5.43. The van der Waals surface area contributed by atoms with Crippen molar-refractivity contribution >= 4 is 18.0 Å². The molecule has 4 heteroatoms. The number of ether oxygens (including phenoxy) is 1. The fourth-order valence-electron chi connectivity index (χ4n) is 2.59. The van der Waals surface area contributed by atoms with Crippen molar-refractivity contribution < 1.29 is 9.53 Å². The zero-order valence-electron chi connectivity index (χ0n) is 10.5. The van der Waals surface area contributed by atoms with Gasteiger partial charge < -0.3 is 10.1 Å². The summed E-state index contributed by atoms with van der Waals surface area (Å²) in [5.74, 6) is 0. The number of rotatable bonds is 4. The Kier molecular flexibility index (Phi) is 4.25. The third-order valence-electron chi connectivity index (χ3n) is 3.67. The van der Waals surface area contributed by atoms with Crippen molar-refractivity contribution in [3.05, 3.63) is 34.3 Å². The van der Waals surface area contributed by atoms with E-state index in [4.69, 9.17) is 16.3 Å². The molecule has 1 aliphatic heterocycles. The van der Waals surface area contributed by atoms with E-state index in [1.54, 1.807) is 0 Å². The van der Waals surface area contributed by atoms with Crippen molar-refractivity contribution in [3.63, 3.8) is 0 Å². The molecule has 2 rings (SSSR count). The highest BCUT2D eigenvalue weighted by atomic mass is 35.5. The Morgan fingerprint density at radius 3 is 2.78 bits per heavy atom. The van der Waals surface area contributed by atoms with Crippen molar-refractivity contribution in [1.82, 2.24) is 5.32 Å². The summed E-state index contributed by atoms with van der Waals surface area (Å²) in [7, 11) is 0. The maximum Gasteiger partial charge on any atom is 0.207 e. The number of hydrogen-bond acceptors (Lipinski definition) is 2. The minimum absolute atomic E-state index is 0.0933. The first-order valence-corrected chi connectivity index (χ1v) is 6.57. The van der Waals surface area contributed by atoms with Crippen LogP contribution in [0.15, 0.2) is 18.2 Å². The number of halogens is 1. The molecule has 1 aromatic carbocycles. The highest BCUT2D eigenvalue weighted by Gasteiger charge is 2.35. The zero-order chi connectivity index (χ0) is 13.0. The average molecular weight is 268 g/mol. The Labute approximate surface area is 112 Å². The van der Waals surface area contributed by atoms with Gasteiger partial charge in [-0.2, -0.15) is 0 Å². The van der Waals surface area contributed by atoms with Crippen LogP contribution in [-0.4, -0.2) is 26.2 Å². The lowest BCUT2D eigenvalue weighted by Crippen LogP contribution is -2.42. The topological polar surface area (TPSA) is 38.3 Å². The predicted molar refractivity (Wildman–Crippen MR) is 72.0 cm³/mol. The fourth-order valence-corrected chi connectivity index (χ4v) is 3.03. The summed E-state index contributed by atoms with van der Waals surface area (Å²) in [6.07, 6.45) is 2.52. The van der Waals surface area contributed by atoms with E-state index in [9.17, 15) is 4.79 Å². The molecule has 18 heavy (non-hydrogen) atoms. The highest BCUT2D eigenvalue weighted by molar-refractivity contribution is 6.31. The van der Waals surface area contributed by atoms with Gasteiger partial charge in [-0.3, -0.25) is 4.79 Å². The first-order chi connectivity index (χ1) is 8.68. The van der Waals surface area contributed by atoms with E-state index in [0.717, 1.165) is 35.4 Å². The van der Waals surface area contributed by atoms with Gasteiger partial charge >= 0.3 is 0 Å². The largest absolute Gasteiger partial charge is 0.381 e. The normalized spacial score (nSPS) is 18.3. The van der Waals surface area contributed by atoms with Gasteiger partial charge in [0.2, 0.25) is 6.41 Å². The lowest BCUT2D eigenvalue weighted by molar-refractivity contribution is -0.110. The van der Waals surface area contributed by atoms with E-state index < -0.39 is 0 Å². The minimum Gasteiger partial charge on any atom is -0.381 e. The summed E-state index contributed by atoms with van der Waals surface area (Å²) in [4.78, 5) is 10.6. The Morgan fingerprint density at radius 2 is 2.17 bits per heavy atom. The molecule has 1 amide bonds. The molecule has 0 saturated carbocycles. The summed E-state index contributed by atoms with van der Waals surface area (Å²) in [5, 5.41) is 3.59. The molecule has 1 saturated heterocycles. The molecule has 98 valence electrons. The molecule has 3 nitrogen and oxygen atoms in total. The van der Waals surface area contributed by atoms with Crippen LogP contribution in [0.4, 0.5) is 0 Å². The van der Waals surface area contributed by atoms with E-state index in [0.29, 0.717) is 19.8 Å². The van der Waals surface area contributed by atoms with Gasteiger partial charge in [-0.25, -0.2) is 0 Å². The molecule has 0 bridgehead atoms. The Morgan fingerprint density at radius 1 is 1.44 bits per heavy atom. The maximum absolute atomic E-state index is 10.6. The second-order valence-electron chi connectivity index (χ2n) is 4.87. The van der Waals surface area contributed by atoms with Crippen molar-refractivity contribution in [2.75, 3.05) is 19.8 Å². The van der Waals surface area contributed by atoms with Crippen LogP contribution in [0.3, 0.4) is 0 Å². The average Bonchev–Trinajstić information content (AvgIpc) is 2.37. The van der Waals surface area contributed by atoms with Crippen molar-refractivity contribution in [3.8, 4) is 0 Å². The molecule has 0 atom stereocenters. The monoisotopic (exact) mass is 267 g/mol. The standard InChI is InChI=1S/C14H18ClNO2/c1-11-2-3-12(13(15)8-11)14(9-16-10-17)4-6-18-7-5-14/h2-3,8,10H,4-7,9H2,1H3,(H,16,17). The van der Waals surface area contributed by atoms with Gasteiger partial charge in [0.15, 0.2) is 0 Å². The van der Waals surface area contributed by atoms with Gasteiger partial charge in [0.1, 0.15) is 0 Å². The van der Waals surface area contributed by atoms with Gasteiger partial charge in [0.25, 0.3) is 0 Å². The van der Waals surface area contributed by atoms with E-state index >= 15 is 0 Å². The van der Waals surface area contributed by atoms with Crippen LogP contribution in [0.25, 0.3) is 0 Å². The Balaban J connectivity index is 2.35. The molecular weight excluding hydrogens is 250 g/mol. The molecular formula is C14H18ClNO2. The summed E-state index contributed by atoms with van der Waals surface area (Å²) in [6, 6.07) is 6.13. The molecule has 1 aromatic rings. The second-order valence-corrected chi connectivity index (χ2v) is 5.28. The lowest BCUT2D eigenvalue weighted by atomic mass is 9.74. The molecule has 0 spiro atoms. The third kappa shape index (κ3) is 2.68. The van der Waals surface area contributed by atoms with Crippen LogP contribution < -0.4 is 5.32 Å². The van der Waals surface area contributed by atoms with Gasteiger partial charge in [-0.15, -0.1) is 0 Å². The highest BCUT2D eigenvalue weighted by Crippen LogP contribution is 2.38. The molecule has 1 heterocycles. The Bertz CT molecular complexity index is 428. The van der Waals surface area contributed by atoms with Crippen LogP contribution >= 0.6 is 11.6 Å². The van der Waals surface area contributed by atoms with Crippen LogP contribution in [0.2, 0.25) is 5.02 Å². The predicted octanol–water partition coefficient (Wildman–Crippen LogP) is 2.44. The summed E-state index contributed by atoms with van der Waals surface area (Å²) in [5.41, 5.74) is 2.17. The van der Waals surface area contributed by atoms with Crippen LogP contribution in [0.5, 0.6) is 0 Å². The molecule has 0 unspecified atom stereocenters. The smallest absolute Gasteiger partial charge is 0.207 e. The van der Waals surface area contributed by atoms with E-state index in [1.807, 2.05) is 13.0 Å². The zero-order valence-corrected chi connectivity index (χ0v) is 11.3. The van der Waals surface area contributed by atoms with Crippen molar-refractivity contribution in [2.45, 2.75) is 25.2 Å². The third-order valence-corrected chi connectivity index (χ3v) is 3.98. The molecule has 0 radical (unpaired) electrons. The van der Waals surface area contributed by atoms with Gasteiger partial charge in [-0.05, 0) is 37.0 Å². The van der Waals surface area contributed by atoms with Crippen LogP contribution in [0, 0.1) is 6.92 Å². The van der Waals surface area contributed by atoms with Gasteiger partial charge in [-0.1, -0.05) is 23.7 Å². The minimum atomic E-state index is -0.0933. The number of carbonyl (C=O) groups excluding carboxylic acids is 1. The Hall–Kier alpha value is -1.06. The second kappa shape index (κ2) is 5.72. The maximum atomic E-state index is 10.6. The van der Waals surface area contributed by atoms with Crippen LogP contribution in [0.1, 0.15) is 24.0 Å². The number of hydrogen-bond donors (Lipinski definition) is 1. The van der Waals surface area contributed by atoms with Gasteiger partial charge in [0.05, 0.1) is 0 Å². The quantitative estimate of drug-likeness (QED) is 0.851. The van der Waals surface area contributed by atoms with Gasteiger partial charge in [0, 0.05) is 30.2 Å². The van der Waals surface area contributed by atoms with Crippen molar-refractivity contribution in [1.29, 1.82) is 0 Å². The molecule has 1 aliphatic rings.